The fourth-order valence-corrected chi connectivity index (χ4v) is 4.12. The predicted molar refractivity (Wildman–Crippen MR) is 119 cm³/mol. The van der Waals surface area contributed by atoms with Crippen LogP contribution in [0.5, 0.6) is 0 Å². The molecule has 1 N–H and O–H groups in total. The van der Waals surface area contributed by atoms with Crippen LogP contribution in [-0.4, -0.2) is 62.5 Å². The van der Waals surface area contributed by atoms with Crippen LogP contribution in [0.4, 0.5) is 10.5 Å². The molecule has 0 aliphatic carbocycles. The average Bonchev–Trinajstić information content (AvgIpc) is 2.77. The number of fused-ring (bicyclic) bond motifs is 1. The lowest BCUT2D eigenvalue weighted by Gasteiger charge is -2.38. The second-order valence-corrected chi connectivity index (χ2v) is 8.01. The minimum absolute atomic E-state index is 0.0564. The summed E-state index contributed by atoms with van der Waals surface area (Å²) in [5.74, 6) is -0.220. The fourth-order valence-electron chi connectivity index (χ4n) is 3.85. The number of carbonyl (C=O) groups excluding carboxylic acids is 1. The predicted octanol–water partition coefficient (Wildman–Crippen LogP) is 4.29. The summed E-state index contributed by atoms with van der Waals surface area (Å²) in [7, 11) is 0. The third-order valence-electron chi connectivity index (χ3n) is 5.52. The van der Waals surface area contributed by atoms with E-state index in [0.717, 1.165) is 0 Å². The molecule has 4 rings (SSSR count). The first kappa shape index (κ1) is 21.5. The number of non-ortho nitro benzene ring substituents is 1. The van der Waals surface area contributed by atoms with Crippen LogP contribution in [0.3, 0.4) is 0 Å². The van der Waals surface area contributed by atoms with Crippen molar-refractivity contribution >= 4 is 40.2 Å². The molecule has 9 nitrogen and oxygen atoms in total. The number of pyridine rings is 1. The topological polar surface area (TPSA) is 117 Å². The molecule has 32 heavy (non-hydrogen) atoms. The maximum absolute atomic E-state index is 13.0. The van der Waals surface area contributed by atoms with Gasteiger partial charge < -0.3 is 14.9 Å². The Kier molecular flexibility index (Phi) is 5.67. The first-order valence-electron chi connectivity index (χ1n) is 9.88. The molecule has 10 heteroatoms. The van der Waals surface area contributed by atoms with Gasteiger partial charge in [0.2, 0.25) is 0 Å². The summed E-state index contributed by atoms with van der Waals surface area (Å²) in [6.07, 6.45) is -0.997. The smallest absolute Gasteiger partial charge is 0.407 e. The normalized spacial score (nSPS) is 16.2. The molecule has 1 aliphatic rings. The van der Waals surface area contributed by atoms with Crippen LogP contribution in [0.2, 0.25) is 5.02 Å². The minimum Gasteiger partial charge on any atom is -0.465 e. The number of hydrogen-bond acceptors (Lipinski definition) is 5. The van der Waals surface area contributed by atoms with Crippen LogP contribution in [0.15, 0.2) is 48.5 Å². The summed E-state index contributed by atoms with van der Waals surface area (Å²) >= 11 is 6.43. The number of carboxylic acid groups (broad SMARTS) is 1. The molecule has 2 aromatic carbocycles. The SMILES string of the molecule is CC1CN(C(=O)c2ccc3c(Cl)cc(-c4cccc([N+](=O)[O-])c4)nc3c2)CCN1C(=O)O. The van der Waals surface area contributed by atoms with E-state index < -0.39 is 11.0 Å². The Balaban J connectivity index is 1.66. The van der Waals surface area contributed by atoms with Crippen LogP contribution in [0, 0.1) is 10.1 Å². The van der Waals surface area contributed by atoms with Crippen molar-refractivity contribution in [2.24, 2.45) is 0 Å². The lowest BCUT2D eigenvalue weighted by molar-refractivity contribution is -0.384. The van der Waals surface area contributed by atoms with Gasteiger partial charge in [0.15, 0.2) is 0 Å². The van der Waals surface area contributed by atoms with Gasteiger partial charge in [-0.2, -0.15) is 0 Å². The maximum atomic E-state index is 13.0. The van der Waals surface area contributed by atoms with Crippen molar-refractivity contribution in [1.29, 1.82) is 0 Å². The van der Waals surface area contributed by atoms with Gasteiger partial charge >= 0.3 is 6.09 Å². The highest BCUT2D eigenvalue weighted by Crippen LogP contribution is 2.30. The molecule has 1 aromatic heterocycles. The molecule has 2 heterocycles. The fraction of sp³-hybridized carbons (Fsp3) is 0.227. The highest BCUT2D eigenvalue weighted by atomic mass is 35.5. The van der Waals surface area contributed by atoms with E-state index in [-0.39, 0.29) is 24.2 Å². The van der Waals surface area contributed by atoms with E-state index in [4.69, 9.17) is 11.6 Å². The molecule has 2 amide bonds. The molecule has 0 bridgehead atoms. The van der Waals surface area contributed by atoms with Crippen molar-refractivity contribution in [2.45, 2.75) is 13.0 Å². The Bertz CT molecular complexity index is 1250. The van der Waals surface area contributed by atoms with Crippen molar-refractivity contribution in [3.63, 3.8) is 0 Å². The lowest BCUT2D eigenvalue weighted by Crippen LogP contribution is -2.55. The Hall–Kier alpha value is -3.72. The molecule has 164 valence electrons. The Morgan fingerprint density at radius 3 is 2.66 bits per heavy atom. The standard InChI is InChI=1S/C22H19ClN4O5/c1-13-12-25(7-8-26(13)22(29)30)21(28)15-5-6-17-18(23)11-19(24-20(17)10-15)14-3-2-4-16(9-14)27(31)32/h2-6,9-11,13H,7-8,12H2,1H3,(H,29,30). The first-order valence-corrected chi connectivity index (χ1v) is 10.3. The summed E-state index contributed by atoms with van der Waals surface area (Å²) in [5, 5.41) is 21.4. The number of halogens is 1. The lowest BCUT2D eigenvalue weighted by atomic mass is 10.1. The molecular weight excluding hydrogens is 436 g/mol. The molecule has 3 aromatic rings. The van der Waals surface area contributed by atoms with Crippen molar-refractivity contribution in [2.75, 3.05) is 19.6 Å². The molecule has 0 spiro atoms. The largest absolute Gasteiger partial charge is 0.465 e. The summed E-state index contributed by atoms with van der Waals surface area (Å²) in [6, 6.07) is 12.4. The number of carbonyl (C=O) groups is 2. The van der Waals surface area contributed by atoms with Gasteiger partial charge in [0.25, 0.3) is 11.6 Å². The molecule has 0 saturated carbocycles. The molecule has 1 atom stereocenters. The van der Waals surface area contributed by atoms with E-state index in [1.807, 2.05) is 0 Å². The van der Waals surface area contributed by atoms with Gasteiger partial charge in [-0.1, -0.05) is 29.8 Å². The average molecular weight is 455 g/mol. The van der Waals surface area contributed by atoms with E-state index in [1.165, 1.54) is 17.0 Å². The van der Waals surface area contributed by atoms with E-state index in [1.54, 1.807) is 48.2 Å². The number of aromatic nitrogens is 1. The van der Waals surface area contributed by atoms with Gasteiger partial charge in [0.05, 0.1) is 21.2 Å². The number of piperazine rings is 1. The number of hydrogen-bond donors (Lipinski definition) is 1. The van der Waals surface area contributed by atoms with Crippen LogP contribution in [0.1, 0.15) is 17.3 Å². The maximum Gasteiger partial charge on any atom is 0.407 e. The molecular formula is C22H19ClN4O5. The molecule has 1 unspecified atom stereocenters. The summed E-state index contributed by atoms with van der Waals surface area (Å²) in [5.41, 5.74) is 1.84. The number of nitro benzene ring substituents is 1. The highest BCUT2D eigenvalue weighted by Gasteiger charge is 2.30. The molecule has 1 saturated heterocycles. The summed E-state index contributed by atoms with van der Waals surface area (Å²) < 4.78 is 0. The zero-order valence-corrected chi connectivity index (χ0v) is 17.8. The molecule has 1 aliphatic heterocycles. The van der Waals surface area contributed by atoms with Crippen LogP contribution in [-0.2, 0) is 0 Å². The van der Waals surface area contributed by atoms with Gasteiger partial charge in [-0.05, 0) is 25.1 Å². The Morgan fingerprint density at radius 2 is 1.97 bits per heavy atom. The van der Waals surface area contributed by atoms with Crippen LogP contribution >= 0.6 is 11.6 Å². The summed E-state index contributed by atoms with van der Waals surface area (Å²) in [4.78, 5) is 42.4. The number of nitro groups is 1. The zero-order valence-electron chi connectivity index (χ0n) is 17.1. The van der Waals surface area contributed by atoms with Gasteiger partial charge in [0.1, 0.15) is 0 Å². The van der Waals surface area contributed by atoms with Crippen molar-refractivity contribution in [3.05, 3.63) is 69.2 Å². The molecule has 0 radical (unpaired) electrons. The van der Waals surface area contributed by atoms with Crippen molar-refractivity contribution < 1.29 is 19.6 Å². The zero-order chi connectivity index (χ0) is 23.0. The third-order valence-corrected chi connectivity index (χ3v) is 5.83. The quantitative estimate of drug-likeness (QED) is 0.466. The van der Waals surface area contributed by atoms with Crippen LogP contribution in [0.25, 0.3) is 22.2 Å². The molecule has 1 fully saturated rings. The van der Waals surface area contributed by atoms with Gasteiger partial charge in [-0.3, -0.25) is 14.9 Å². The monoisotopic (exact) mass is 454 g/mol. The second kappa shape index (κ2) is 8.43. The number of benzene rings is 2. The van der Waals surface area contributed by atoms with Crippen molar-refractivity contribution in [1.82, 2.24) is 14.8 Å². The van der Waals surface area contributed by atoms with Crippen LogP contribution < -0.4 is 0 Å². The second-order valence-electron chi connectivity index (χ2n) is 7.60. The number of nitrogens with zero attached hydrogens (tertiary/aromatic N) is 4. The van der Waals surface area contributed by atoms with E-state index >= 15 is 0 Å². The van der Waals surface area contributed by atoms with Gasteiger partial charge in [0, 0.05) is 54.3 Å². The number of amides is 2. The van der Waals surface area contributed by atoms with E-state index in [0.29, 0.717) is 45.8 Å². The minimum atomic E-state index is -0.997. The van der Waals surface area contributed by atoms with Crippen molar-refractivity contribution in [3.8, 4) is 11.3 Å². The Morgan fingerprint density at radius 1 is 1.19 bits per heavy atom. The highest BCUT2D eigenvalue weighted by molar-refractivity contribution is 6.35. The van der Waals surface area contributed by atoms with Gasteiger partial charge in [-0.15, -0.1) is 0 Å². The summed E-state index contributed by atoms with van der Waals surface area (Å²) in [6.45, 7) is 2.61. The number of rotatable bonds is 3. The third kappa shape index (κ3) is 4.06. The first-order chi connectivity index (χ1) is 15.2. The van der Waals surface area contributed by atoms with E-state index in [9.17, 15) is 24.8 Å². The van der Waals surface area contributed by atoms with Gasteiger partial charge in [-0.25, -0.2) is 9.78 Å². The Labute approximate surface area is 188 Å². The van der Waals surface area contributed by atoms with E-state index in [2.05, 4.69) is 4.98 Å².